The Morgan fingerprint density at radius 3 is 2.86 bits per heavy atom. The second-order valence-corrected chi connectivity index (χ2v) is 11.8. The van der Waals surface area contributed by atoms with E-state index < -0.39 is 28.7 Å². The number of carbonyl (C=O) groups excluding carboxylic acids is 2. The summed E-state index contributed by atoms with van der Waals surface area (Å²) in [5, 5.41) is 13.4. The SMILES string of the molecule is C[C@]12C=CC(=O)C=C1[C@@H](F)C[C@@H]1C2[C@@H](O)C[C@@]2(C)C1C[C@H]1CN(Cc3ccco3)O[C@]12C(=O)CCl. The van der Waals surface area contributed by atoms with Gasteiger partial charge in [-0.25, -0.2) is 4.39 Å². The maximum absolute atomic E-state index is 15.6. The minimum atomic E-state index is -1.26. The van der Waals surface area contributed by atoms with Gasteiger partial charge in [0, 0.05) is 29.2 Å². The van der Waals surface area contributed by atoms with E-state index in [-0.39, 0.29) is 47.5 Å². The average molecular weight is 504 g/mol. The van der Waals surface area contributed by atoms with E-state index in [2.05, 4.69) is 0 Å². The number of aliphatic hydroxyl groups is 1. The number of alkyl halides is 2. The van der Waals surface area contributed by atoms with Gasteiger partial charge < -0.3 is 9.52 Å². The van der Waals surface area contributed by atoms with E-state index in [4.69, 9.17) is 20.9 Å². The largest absolute Gasteiger partial charge is 0.468 e. The molecule has 6 rings (SSSR count). The number of carbonyl (C=O) groups is 2. The van der Waals surface area contributed by atoms with Crippen LogP contribution in [0.1, 0.15) is 38.9 Å². The normalized spacial score (nSPS) is 46.5. The highest BCUT2D eigenvalue weighted by atomic mass is 35.5. The summed E-state index contributed by atoms with van der Waals surface area (Å²) in [6.45, 7) is 4.92. The Bertz CT molecular complexity index is 1120. The van der Waals surface area contributed by atoms with E-state index in [1.807, 2.05) is 26.0 Å². The molecule has 0 bridgehead atoms. The van der Waals surface area contributed by atoms with Gasteiger partial charge in [-0.15, -0.1) is 11.6 Å². The first-order chi connectivity index (χ1) is 16.6. The van der Waals surface area contributed by atoms with Crippen LogP contribution in [-0.2, 0) is 21.0 Å². The molecule has 1 N–H and O–H groups in total. The molecular weight excluding hydrogens is 473 g/mol. The smallest absolute Gasteiger partial charge is 0.182 e. The number of hydrogen-bond acceptors (Lipinski definition) is 6. The Labute approximate surface area is 209 Å². The molecule has 0 spiro atoms. The van der Waals surface area contributed by atoms with E-state index in [0.717, 1.165) is 5.76 Å². The number of hydroxylamine groups is 2. The summed E-state index contributed by atoms with van der Waals surface area (Å²) >= 11 is 6.16. The third-order valence-corrected chi connectivity index (χ3v) is 10.2. The number of aliphatic hydroxyl groups excluding tert-OH is 1. The molecule has 2 unspecified atom stereocenters. The molecule has 35 heavy (non-hydrogen) atoms. The Morgan fingerprint density at radius 1 is 1.34 bits per heavy atom. The second-order valence-electron chi connectivity index (χ2n) is 11.5. The van der Waals surface area contributed by atoms with Crippen molar-refractivity contribution in [3.63, 3.8) is 0 Å². The summed E-state index contributed by atoms with van der Waals surface area (Å²) < 4.78 is 21.1. The van der Waals surface area contributed by atoms with Gasteiger partial charge in [-0.3, -0.25) is 14.4 Å². The zero-order valence-corrected chi connectivity index (χ0v) is 20.7. The van der Waals surface area contributed by atoms with Crippen molar-refractivity contribution in [2.75, 3.05) is 12.4 Å². The number of ketones is 2. The first kappa shape index (κ1) is 23.6. The van der Waals surface area contributed by atoms with Crippen molar-refractivity contribution in [1.29, 1.82) is 0 Å². The maximum Gasteiger partial charge on any atom is 0.182 e. The van der Waals surface area contributed by atoms with Gasteiger partial charge in [0.05, 0.1) is 24.8 Å². The van der Waals surface area contributed by atoms with E-state index in [0.29, 0.717) is 31.5 Å². The van der Waals surface area contributed by atoms with Crippen LogP contribution >= 0.6 is 11.6 Å². The molecule has 1 aliphatic heterocycles. The van der Waals surface area contributed by atoms with Crippen molar-refractivity contribution in [2.24, 2.45) is 34.5 Å². The van der Waals surface area contributed by atoms with Crippen molar-refractivity contribution in [1.82, 2.24) is 5.06 Å². The van der Waals surface area contributed by atoms with Gasteiger partial charge in [0.1, 0.15) is 11.9 Å². The molecule has 2 heterocycles. The van der Waals surface area contributed by atoms with Crippen LogP contribution in [-0.4, -0.2) is 52.0 Å². The molecule has 1 saturated heterocycles. The summed E-state index contributed by atoms with van der Waals surface area (Å²) in [7, 11) is 0. The van der Waals surface area contributed by atoms with Crippen molar-refractivity contribution in [3.8, 4) is 0 Å². The van der Waals surface area contributed by atoms with Crippen molar-refractivity contribution in [3.05, 3.63) is 48.0 Å². The van der Waals surface area contributed by atoms with Gasteiger partial charge in [-0.2, -0.15) is 5.06 Å². The summed E-state index contributed by atoms with van der Waals surface area (Å²) in [6.07, 6.45) is 5.56. The van der Waals surface area contributed by atoms with Crippen LogP contribution in [0.25, 0.3) is 0 Å². The quantitative estimate of drug-likeness (QED) is 0.625. The van der Waals surface area contributed by atoms with Crippen LogP contribution in [0, 0.1) is 34.5 Å². The molecule has 188 valence electrons. The third kappa shape index (κ3) is 3.05. The van der Waals surface area contributed by atoms with Gasteiger partial charge >= 0.3 is 0 Å². The summed E-state index contributed by atoms with van der Waals surface area (Å²) in [4.78, 5) is 32.1. The van der Waals surface area contributed by atoms with Crippen LogP contribution in [0.2, 0.25) is 0 Å². The van der Waals surface area contributed by atoms with E-state index >= 15 is 4.39 Å². The summed E-state index contributed by atoms with van der Waals surface area (Å²) in [6, 6.07) is 3.68. The van der Waals surface area contributed by atoms with Crippen molar-refractivity contribution >= 4 is 23.2 Å². The van der Waals surface area contributed by atoms with Crippen molar-refractivity contribution < 1.29 is 28.3 Å². The number of allylic oxidation sites excluding steroid dienone is 4. The van der Waals surface area contributed by atoms with Gasteiger partial charge in [0.2, 0.25) is 0 Å². The molecule has 0 amide bonds. The molecule has 8 heteroatoms. The van der Waals surface area contributed by atoms with Crippen LogP contribution in [0.15, 0.2) is 46.6 Å². The predicted molar refractivity (Wildman–Crippen MR) is 126 cm³/mol. The number of hydrogen-bond donors (Lipinski definition) is 1. The number of fused-ring (bicyclic) bond motifs is 7. The van der Waals surface area contributed by atoms with Crippen LogP contribution in [0.4, 0.5) is 4.39 Å². The average Bonchev–Trinajstić information content (AvgIpc) is 3.50. The number of halogens is 2. The fraction of sp³-hybridized carbons (Fsp3) is 0.630. The molecule has 1 aromatic heterocycles. The lowest BCUT2D eigenvalue weighted by Crippen LogP contribution is -2.63. The first-order valence-electron chi connectivity index (χ1n) is 12.5. The number of Topliss-reactive ketones (excluding diaryl/α,β-unsaturated/α-hetero) is 1. The van der Waals surface area contributed by atoms with Crippen LogP contribution in [0.3, 0.4) is 0 Å². The van der Waals surface area contributed by atoms with Crippen LogP contribution in [0.5, 0.6) is 0 Å². The van der Waals surface area contributed by atoms with Gasteiger partial charge in [0.25, 0.3) is 0 Å². The molecule has 0 aromatic carbocycles. The lowest BCUT2D eigenvalue weighted by Gasteiger charge is -2.60. The van der Waals surface area contributed by atoms with Gasteiger partial charge in [0.15, 0.2) is 17.2 Å². The van der Waals surface area contributed by atoms with Gasteiger partial charge in [-0.1, -0.05) is 19.9 Å². The molecule has 9 atom stereocenters. The minimum Gasteiger partial charge on any atom is -0.468 e. The van der Waals surface area contributed by atoms with Gasteiger partial charge in [-0.05, 0) is 61.0 Å². The lowest BCUT2D eigenvalue weighted by molar-refractivity contribution is -0.254. The number of furan rings is 1. The Hall–Kier alpha value is -1.80. The number of rotatable bonds is 4. The molecule has 3 saturated carbocycles. The number of nitrogens with zero attached hydrogens (tertiary/aromatic N) is 1. The topological polar surface area (TPSA) is 80.0 Å². The van der Waals surface area contributed by atoms with E-state index in [1.54, 1.807) is 17.4 Å². The first-order valence-corrected chi connectivity index (χ1v) is 13.0. The van der Waals surface area contributed by atoms with E-state index in [9.17, 15) is 14.7 Å². The molecule has 5 aliphatic rings. The highest BCUT2D eigenvalue weighted by Gasteiger charge is 2.75. The van der Waals surface area contributed by atoms with E-state index in [1.165, 1.54) is 12.2 Å². The zero-order chi connectivity index (χ0) is 24.8. The Kier molecular flexibility index (Phi) is 5.29. The molecule has 6 nitrogen and oxygen atoms in total. The molecule has 4 aliphatic carbocycles. The molecule has 4 fully saturated rings. The fourth-order valence-corrected chi connectivity index (χ4v) is 8.92. The summed E-state index contributed by atoms with van der Waals surface area (Å²) in [5.41, 5.74) is -2.13. The monoisotopic (exact) mass is 503 g/mol. The molecular formula is C27H31ClFNO5. The maximum atomic E-state index is 15.6. The Balaban J connectivity index is 1.39. The Morgan fingerprint density at radius 2 is 2.14 bits per heavy atom. The summed E-state index contributed by atoms with van der Waals surface area (Å²) in [5.74, 6) is -0.334. The minimum absolute atomic E-state index is 0.0125. The molecule has 0 radical (unpaired) electrons. The van der Waals surface area contributed by atoms with Crippen LogP contribution < -0.4 is 0 Å². The predicted octanol–water partition coefficient (Wildman–Crippen LogP) is 4.03. The fourth-order valence-electron chi connectivity index (χ4n) is 8.72. The van der Waals surface area contributed by atoms with Crippen molar-refractivity contribution in [2.45, 2.75) is 57.5 Å². The second kappa shape index (κ2) is 7.85. The molecule has 1 aromatic rings. The third-order valence-electron chi connectivity index (χ3n) is 9.97. The highest BCUT2D eigenvalue weighted by Crippen LogP contribution is 2.70. The lowest BCUT2D eigenvalue weighted by atomic mass is 9.46. The zero-order valence-electron chi connectivity index (χ0n) is 20.0. The highest BCUT2D eigenvalue weighted by molar-refractivity contribution is 6.29. The standard InChI is InChI=1S/C27H31ClFNO5/c1-25-6-5-16(31)9-20(25)21(29)10-18-19-8-15-13-30(14-17-4-3-7-34-17)35-27(15,23(33)12-28)26(19,2)11-22(32)24(18)25/h3-7,9,15,18-19,21-22,24,32H,8,10-14H2,1-2H3/t15-,18-,19?,21-,22-,24?,25-,26-,27-/m0/s1.